The van der Waals surface area contributed by atoms with Crippen LogP contribution < -0.4 is 5.73 Å². The zero-order valence-electron chi connectivity index (χ0n) is 13.0. The molecule has 1 atom stereocenters. The van der Waals surface area contributed by atoms with E-state index in [1.165, 1.54) is 17.9 Å². The highest BCUT2D eigenvalue weighted by Crippen LogP contribution is 2.25. The smallest absolute Gasteiger partial charge is 0.322 e. The maximum absolute atomic E-state index is 11.5. The standard InChI is InChI=1S/C20H19NO2/c1-23-20(22)19(21)12-14-5-4-8-16(11-14)18-10-9-15-6-2-3-7-17(15)13-18/h2-11,13,19H,12,21H2,1H3. The van der Waals surface area contributed by atoms with E-state index >= 15 is 0 Å². The van der Waals surface area contributed by atoms with E-state index in [9.17, 15) is 4.79 Å². The van der Waals surface area contributed by atoms with Gasteiger partial charge in [-0.1, -0.05) is 60.7 Å². The van der Waals surface area contributed by atoms with Crippen LogP contribution >= 0.6 is 0 Å². The number of hydrogen-bond donors (Lipinski definition) is 1. The van der Waals surface area contributed by atoms with Crippen LogP contribution in [0.15, 0.2) is 66.7 Å². The molecule has 0 aliphatic carbocycles. The molecule has 0 radical (unpaired) electrons. The Kier molecular flexibility index (Phi) is 4.40. The first kappa shape index (κ1) is 15.3. The van der Waals surface area contributed by atoms with Crippen molar-refractivity contribution >= 4 is 16.7 Å². The number of fused-ring (bicyclic) bond motifs is 1. The number of nitrogens with two attached hydrogens (primary N) is 1. The average molecular weight is 305 g/mol. The fraction of sp³-hybridized carbons (Fsp3) is 0.150. The number of carbonyl (C=O) groups is 1. The third-order valence-electron chi connectivity index (χ3n) is 3.97. The van der Waals surface area contributed by atoms with Gasteiger partial charge < -0.3 is 10.5 Å². The SMILES string of the molecule is COC(=O)C(N)Cc1cccc(-c2ccc3ccccc3c2)c1. The summed E-state index contributed by atoms with van der Waals surface area (Å²) in [7, 11) is 1.35. The van der Waals surface area contributed by atoms with Crippen LogP contribution in [0.2, 0.25) is 0 Å². The van der Waals surface area contributed by atoms with Gasteiger partial charge in [-0.3, -0.25) is 4.79 Å². The van der Waals surface area contributed by atoms with E-state index in [1.807, 2.05) is 24.3 Å². The summed E-state index contributed by atoms with van der Waals surface area (Å²) in [6.45, 7) is 0. The highest BCUT2D eigenvalue weighted by atomic mass is 16.5. The first-order valence-electron chi connectivity index (χ1n) is 7.59. The van der Waals surface area contributed by atoms with Crippen molar-refractivity contribution in [2.75, 3.05) is 7.11 Å². The van der Waals surface area contributed by atoms with Gasteiger partial charge in [-0.05, 0) is 39.9 Å². The van der Waals surface area contributed by atoms with Crippen LogP contribution in [-0.4, -0.2) is 19.1 Å². The van der Waals surface area contributed by atoms with Crippen LogP contribution in [0.3, 0.4) is 0 Å². The van der Waals surface area contributed by atoms with E-state index in [4.69, 9.17) is 5.73 Å². The number of esters is 1. The fourth-order valence-corrected chi connectivity index (χ4v) is 2.74. The van der Waals surface area contributed by atoms with Gasteiger partial charge in [-0.15, -0.1) is 0 Å². The summed E-state index contributed by atoms with van der Waals surface area (Å²) in [6.07, 6.45) is 0.466. The molecular formula is C20H19NO2. The molecule has 3 heteroatoms. The van der Waals surface area contributed by atoms with Gasteiger partial charge in [0.2, 0.25) is 0 Å². The Hall–Kier alpha value is -2.65. The lowest BCUT2D eigenvalue weighted by atomic mass is 9.98. The molecule has 1 unspecified atom stereocenters. The largest absolute Gasteiger partial charge is 0.468 e. The molecule has 0 aliphatic rings. The first-order valence-corrected chi connectivity index (χ1v) is 7.59. The maximum atomic E-state index is 11.5. The Morgan fingerprint density at radius 2 is 1.70 bits per heavy atom. The van der Waals surface area contributed by atoms with Gasteiger partial charge in [-0.25, -0.2) is 0 Å². The molecule has 0 saturated carbocycles. The quantitative estimate of drug-likeness (QED) is 0.750. The molecule has 0 aromatic heterocycles. The van der Waals surface area contributed by atoms with Gasteiger partial charge in [-0.2, -0.15) is 0 Å². The second kappa shape index (κ2) is 6.63. The molecule has 3 rings (SSSR count). The van der Waals surface area contributed by atoms with Crippen molar-refractivity contribution < 1.29 is 9.53 Å². The van der Waals surface area contributed by atoms with Crippen LogP contribution in [-0.2, 0) is 16.0 Å². The van der Waals surface area contributed by atoms with Crippen molar-refractivity contribution in [2.24, 2.45) is 5.73 Å². The summed E-state index contributed by atoms with van der Waals surface area (Å²) in [5, 5.41) is 2.43. The molecule has 0 saturated heterocycles. The number of rotatable bonds is 4. The summed E-state index contributed by atoms with van der Waals surface area (Å²) in [4.78, 5) is 11.5. The van der Waals surface area contributed by atoms with Crippen LogP contribution in [0.1, 0.15) is 5.56 Å². The summed E-state index contributed by atoms with van der Waals surface area (Å²) >= 11 is 0. The van der Waals surface area contributed by atoms with E-state index in [0.717, 1.165) is 16.7 Å². The van der Waals surface area contributed by atoms with Gasteiger partial charge in [0, 0.05) is 0 Å². The van der Waals surface area contributed by atoms with Crippen molar-refractivity contribution in [2.45, 2.75) is 12.5 Å². The van der Waals surface area contributed by atoms with Crippen molar-refractivity contribution in [3.8, 4) is 11.1 Å². The lowest BCUT2D eigenvalue weighted by molar-refractivity contribution is -0.142. The molecule has 0 heterocycles. The lowest BCUT2D eigenvalue weighted by Crippen LogP contribution is -2.33. The van der Waals surface area contributed by atoms with Crippen LogP contribution in [0, 0.1) is 0 Å². The minimum Gasteiger partial charge on any atom is -0.468 e. The Morgan fingerprint density at radius 1 is 0.957 bits per heavy atom. The van der Waals surface area contributed by atoms with Gasteiger partial charge in [0.05, 0.1) is 7.11 Å². The predicted molar refractivity (Wildman–Crippen MR) is 93.1 cm³/mol. The molecule has 2 N–H and O–H groups in total. The normalized spacial score (nSPS) is 12.1. The zero-order valence-corrected chi connectivity index (χ0v) is 13.0. The molecule has 23 heavy (non-hydrogen) atoms. The first-order chi connectivity index (χ1) is 11.2. The number of carbonyl (C=O) groups excluding carboxylic acids is 1. The predicted octanol–water partition coefficient (Wildman–Crippen LogP) is 3.55. The molecular weight excluding hydrogens is 286 g/mol. The molecule has 3 aromatic carbocycles. The third-order valence-corrected chi connectivity index (χ3v) is 3.97. The molecule has 0 aliphatic heterocycles. The minimum atomic E-state index is -0.633. The molecule has 0 bridgehead atoms. The fourth-order valence-electron chi connectivity index (χ4n) is 2.74. The number of benzene rings is 3. The molecule has 0 amide bonds. The van der Waals surface area contributed by atoms with Gasteiger partial charge in [0.1, 0.15) is 6.04 Å². The van der Waals surface area contributed by atoms with E-state index in [2.05, 4.69) is 47.2 Å². The van der Waals surface area contributed by atoms with E-state index in [-0.39, 0.29) is 5.97 Å². The monoisotopic (exact) mass is 305 g/mol. The summed E-state index contributed by atoms with van der Waals surface area (Å²) in [5.41, 5.74) is 9.14. The Bertz CT molecular complexity index is 842. The number of methoxy groups -OCH3 is 1. The molecule has 0 fully saturated rings. The highest BCUT2D eigenvalue weighted by Gasteiger charge is 2.14. The van der Waals surface area contributed by atoms with E-state index in [1.54, 1.807) is 0 Å². The zero-order chi connectivity index (χ0) is 16.2. The lowest BCUT2D eigenvalue weighted by Gasteiger charge is -2.11. The van der Waals surface area contributed by atoms with Crippen molar-refractivity contribution in [1.82, 2.24) is 0 Å². The van der Waals surface area contributed by atoms with Crippen molar-refractivity contribution in [3.05, 3.63) is 72.3 Å². The van der Waals surface area contributed by atoms with Crippen LogP contribution in [0.4, 0.5) is 0 Å². The van der Waals surface area contributed by atoms with Crippen LogP contribution in [0.25, 0.3) is 21.9 Å². The Morgan fingerprint density at radius 3 is 2.48 bits per heavy atom. The van der Waals surface area contributed by atoms with Gasteiger partial charge in [0.25, 0.3) is 0 Å². The highest BCUT2D eigenvalue weighted by molar-refractivity contribution is 5.87. The summed E-state index contributed by atoms with van der Waals surface area (Å²) in [5.74, 6) is -0.388. The van der Waals surface area contributed by atoms with Crippen molar-refractivity contribution in [3.63, 3.8) is 0 Å². The maximum Gasteiger partial charge on any atom is 0.322 e. The molecule has 3 aromatic rings. The van der Waals surface area contributed by atoms with E-state index in [0.29, 0.717) is 6.42 Å². The summed E-state index contributed by atoms with van der Waals surface area (Å²) in [6, 6.07) is 22.2. The number of ether oxygens (including phenoxy) is 1. The topological polar surface area (TPSA) is 52.3 Å². The molecule has 116 valence electrons. The second-order valence-electron chi connectivity index (χ2n) is 5.60. The Labute approximate surface area is 135 Å². The molecule has 3 nitrogen and oxygen atoms in total. The van der Waals surface area contributed by atoms with Gasteiger partial charge in [0.15, 0.2) is 0 Å². The Balaban J connectivity index is 1.90. The average Bonchev–Trinajstić information content (AvgIpc) is 2.60. The second-order valence-corrected chi connectivity index (χ2v) is 5.60. The molecule has 0 spiro atoms. The summed E-state index contributed by atoms with van der Waals surface area (Å²) < 4.78 is 4.68. The van der Waals surface area contributed by atoms with Crippen molar-refractivity contribution in [1.29, 1.82) is 0 Å². The van der Waals surface area contributed by atoms with E-state index < -0.39 is 6.04 Å². The van der Waals surface area contributed by atoms with Gasteiger partial charge >= 0.3 is 5.97 Å². The third kappa shape index (κ3) is 3.41. The number of hydrogen-bond acceptors (Lipinski definition) is 3. The minimum absolute atomic E-state index is 0.388. The van der Waals surface area contributed by atoms with Crippen LogP contribution in [0.5, 0.6) is 0 Å².